The van der Waals surface area contributed by atoms with Crippen molar-refractivity contribution in [3.05, 3.63) is 30.3 Å². The molecule has 0 heterocycles. The molecule has 0 fully saturated rings. The van der Waals surface area contributed by atoms with Crippen molar-refractivity contribution in [2.45, 2.75) is 47.0 Å². The molecular weight excluding hydrogens is 244 g/mol. The molecule has 0 aliphatic heterocycles. The van der Waals surface area contributed by atoms with E-state index in [1.165, 1.54) is 24.9 Å². The Morgan fingerprint density at radius 2 is 1.65 bits per heavy atom. The van der Waals surface area contributed by atoms with E-state index in [1.54, 1.807) is 0 Å². The van der Waals surface area contributed by atoms with Gasteiger partial charge in [-0.1, -0.05) is 39.0 Å². The monoisotopic (exact) mass is 276 g/mol. The first-order valence-electron chi connectivity index (χ1n) is 8.22. The van der Waals surface area contributed by atoms with Gasteiger partial charge in [0.25, 0.3) is 0 Å². The van der Waals surface area contributed by atoms with Crippen LogP contribution in [0.4, 0.5) is 5.69 Å². The van der Waals surface area contributed by atoms with Crippen LogP contribution >= 0.6 is 0 Å². The number of benzene rings is 1. The van der Waals surface area contributed by atoms with Gasteiger partial charge in [-0.3, -0.25) is 0 Å². The highest BCUT2D eigenvalue weighted by Gasteiger charge is 2.28. The van der Waals surface area contributed by atoms with Crippen molar-refractivity contribution in [3.8, 4) is 0 Å². The fourth-order valence-electron chi connectivity index (χ4n) is 2.74. The first kappa shape index (κ1) is 17.0. The van der Waals surface area contributed by atoms with Gasteiger partial charge >= 0.3 is 0 Å². The molecule has 114 valence electrons. The summed E-state index contributed by atoms with van der Waals surface area (Å²) >= 11 is 0. The standard InChI is InChI=1S/C18H32N2/c1-5-14-19-15-18(6-2,7-3)16-20(8-4)17-12-10-9-11-13-17/h9-13,19H,5-8,14-16H2,1-4H3. The molecule has 2 nitrogen and oxygen atoms in total. The lowest BCUT2D eigenvalue weighted by molar-refractivity contribution is 0.253. The molecule has 0 amide bonds. The predicted molar refractivity (Wildman–Crippen MR) is 90.5 cm³/mol. The van der Waals surface area contributed by atoms with Crippen molar-refractivity contribution >= 4 is 5.69 Å². The summed E-state index contributed by atoms with van der Waals surface area (Å²) in [5.41, 5.74) is 1.72. The van der Waals surface area contributed by atoms with E-state index >= 15 is 0 Å². The van der Waals surface area contributed by atoms with E-state index in [0.717, 1.165) is 26.2 Å². The maximum atomic E-state index is 3.63. The van der Waals surface area contributed by atoms with E-state index in [1.807, 2.05) is 0 Å². The summed E-state index contributed by atoms with van der Waals surface area (Å²) in [5, 5.41) is 3.63. The van der Waals surface area contributed by atoms with Crippen LogP contribution in [0, 0.1) is 5.41 Å². The molecule has 2 heteroatoms. The largest absolute Gasteiger partial charge is 0.371 e. The molecule has 20 heavy (non-hydrogen) atoms. The third-order valence-electron chi connectivity index (χ3n) is 4.46. The molecule has 0 bridgehead atoms. The molecule has 0 aliphatic rings. The van der Waals surface area contributed by atoms with Crippen LogP contribution in [-0.2, 0) is 0 Å². The Labute approximate surface area is 125 Å². The lowest BCUT2D eigenvalue weighted by Gasteiger charge is -2.38. The molecular formula is C18H32N2. The highest BCUT2D eigenvalue weighted by atomic mass is 15.1. The highest BCUT2D eigenvalue weighted by Crippen LogP contribution is 2.29. The van der Waals surface area contributed by atoms with E-state index < -0.39 is 0 Å². The summed E-state index contributed by atoms with van der Waals surface area (Å²) in [5.74, 6) is 0. The van der Waals surface area contributed by atoms with Crippen LogP contribution in [0.25, 0.3) is 0 Å². The Balaban J connectivity index is 2.76. The van der Waals surface area contributed by atoms with Crippen LogP contribution in [0.1, 0.15) is 47.0 Å². The van der Waals surface area contributed by atoms with Crippen molar-refractivity contribution < 1.29 is 0 Å². The summed E-state index contributed by atoms with van der Waals surface area (Å²) in [4.78, 5) is 2.51. The average molecular weight is 276 g/mol. The maximum Gasteiger partial charge on any atom is 0.0366 e. The van der Waals surface area contributed by atoms with Crippen LogP contribution in [0.15, 0.2) is 30.3 Å². The van der Waals surface area contributed by atoms with E-state index in [4.69, 9.17) is 0 Å². The van der Waals surface area contributed by atoms with E-state index in [-0.39, 0.29) is 0 Å². The quantitative estimate of drug-likeness (QED) is 0.640. The Kier molecular flexibility index (Phi) is 7.68. The van der Waals surface area contributed by atoms with E-state index in [9.17, 15) is 0 Å². The van der Waals surface area contributed by atoms with Gasteiger partial charge in [0, 0.05) is 25.3 Å². The topological polar surface area (TPSA) is 15.3 Å². The molecule has 1 aromatic carbocycles. The number of anilines is 1. The Hall–Kier alpha value is -1.02. The van der Waals surface area contributed by atoms with Gasteiger partial charge in [0.2, 0.25) is 0 Å². The maximum absolute atomic E-state index is 3.63. The second kappa shape index (κ2) is 9.02. The molecule has 0 atom stereocenters. The molecule has 1 aromatic rings. The summed E-state index contributed by atoms with van der Waals surface area (Å²) < 4.78 is 0. The van der Waals surface area contributed by atoms with Gasteiger partial charge in [-0.05, 0) is 50.3 Å². The first-order valence-corrected chi connectivity index (χ1v) is 8.22. The van der Waals surface area contributed by atoms with Crippen LogP contribution in [0.5, 0.6) is 0 Å². The number of nitrogens with one attached hydrogen (secondary N) is 1. The number of rotatable bonds is 10. The zero-order chi connectivity index (χ0) is 14.8. The van der Waals surface area contributed by atoms with Gasteiger partial charge in [-0.2, -0.15) is 0 Å². The number of nitrogens with zero attached hydrogens (tertiary/aromatic N) is 1. The minimum atomic E-state index is 0.376. The van der Waals surface area contributed by atoms with Gasteiger partial charge in [0.05, 0.1) is 0 Å². The zero-order valence-corrected chi connectivity index (χ0v) is 13.8. The fourth-order valence-corrected chi connectivity index (χ4v) is 2.74. The lowest BCUT2D eigenvalue weighted by atomic mass is 9.81. The van der Waals surface area contributed by atoms with Gasteiger partial charge in [-0.15, -0.1) is 0 Å². The lowest BCUT2D eigenvalue weighted by Crippen LogP contribution is -2.44. The average Bonchev–Trinajstić information content (AvgIpc) is 2.52. The summed E-state index contributed by atoms with van der Waals surface area (Å²) in [7, 11) is 0. The SMILES string of the molecule is CCCNCC(CC)(CC)CN(CC)c1ccccc1. The van der Waals surface area contributed by atoms with Gasteiger partial charge in [0.15, 0.2) is 0 Å². The Morgan fingerprint density at radius 3 is 2.15 bits per heavy atom. The Bertz CT molecular complexity index is 344. The summed E-state index contributed by atoms with van der Waals surface area (Å²) in [6.07, 6.45) is 3.66. The Morgan fingerprint density at radius 1 is 1.00 bits per heavy atom. The van der Waals surface area contributed by atoms with Crippen LogP contribution in [-0.4, -0.2) is 26.2 Å². The number of para-hydroxylation sites is 1. The van der Waals surface area contributed by atoms with Crippen LogP contribution in [0.2, 0.25) is 0 Å². The second-order valence-electron chi connectivity index (χ2n) is 5.73. The first-order chi connectivity index (χ1) is 9.71. The fraction of sp³-hybridized carbons (Fsp3) is 0.667. The molecule has 0 saturated heterocycles. The minimum Gasteiger partial charge on any atom is -0.371 e. The van der Waals surface area contributed by atoms with E-state index in [0.29, 0.717) is 5.41 Å². The molecule has 0 aliphatic carbocycles. The minimum absolute atomic E-state index is 0.376. The third kappa shape index (κ3) is 4.82. The molecule has 0 saturated carbocycles. The summed E-state index contributed by atoms with van der Waals surface area (Å²) in [6.45, 7) is 13.6. The molecule has 0 radical (unpaired) electrons. The number of hydrogen-bond donors (Lipinski definition) is 1. The normalized spacial score (nSPS) is 11.6. The zero-order valence-electron chi connectivity index (χ0n) is 13.8. The summed E-state index contributed by atoms with van der Waals surface area (Å²) in [6, 6.07) is 10.8. The van der Waals surface area contributed by atoms with Crippen LogP contribution in [0.3, 0.4) is 0 Å². The second-order valence-corrected chi connectivity index (χ2v) is 5.73. The molecule has 0 spiro atoms. The van der Waals surface area contributed by atoms with Crippen molar-refractivity contribution in [3.63, 3.8) is 0 Å². The number of hydrogen-bond acceptors (Lipinski definition) is 2. The highest BCUT2D eigenvalue weighted by molar-refractivity contribution is 5.46. The van der Waals surface area contributed by atoms with Crippen molar-refractivity contribution in [1.29, 1.82) is 0 Å². The smallest absolute Gasteiger partial charge is 0.0366 e. The predicted octanol–water partition coefficient (Wildman–Crippen LogP) is 4.32. The van der Waals surface area contributed by atoms with Crippen molar-refractivity contribution in [2.75, 3.05) is 31.1 Å². The van der Waals surface area contributed by atoms with Gasteiger partial charge < -0.3 is 10.2 Å². The van der Waals surface area contributed by atoms with Crippen LogP contribution < -0.4 is 10.2 Å². The van der Waals surface area contributed by atoms with Crippen molar-refractivity contribution in [2.24, 2.45) is 5.41 Å². The van der Waals surface area contributed by atoms with Crippen molar-refractivity contribution in [1.82, 2.24) is 5.32 Å². The molecule has 1 N–H and O–H groups in total. The molecule has 0 unspecified atom stereocenters. The third-order valence-corrected chi connectivity index (χ3v) is 4.46. The molecule has 1 rings (SSSR count). The molecule has 0 aromatic heterocycles. The van der Waals surface area contributed by atoms with E-state index in [2.05, 4.69) is 68.2 Å². The van der Waals surface area contributed by atoms with Gasteiger partial charge in [-0.25, -0.2) is 0 Å². The van der Waals surface area contributed by atoms with Gasteiger partial charge in [0.1, 0.15) is 0 Å².